The Morgan fingerprint density at radius 1 is 1.10 bits per heavy atom. The molecular formula is C15H10ClFN2OS. The molecule has 0 aliphatic carbocycles. The van der Waals surface area contributed by atoms with E-state index < -0.39 is 0 Å². The van der Waals surface area contributed by atoms with E-state index >= 15 is 0 Å². The zero-order valence-electron chi connectivity index (χ0n) is 10.8. The molecule has 1 aromatic heterocycles. The Morgan fingerprint density at radius 3 is 2.67 bits per heavy atom. The third-order valence-electron chi connectivity index (χ3n) is 2.79. The smallest absolute Gasteiger partial charge is 0.277 e. The summed E-state index contributed by atoms with van der Waals surface area (Å²) in [5, 5.41) is 8.84. The average Bonchev–Trinajstić information content (AvgIpc) is 2.96. The van der Waals surface area contributed by atoms with Crippen molar-refractivity contribution in [2.75, 3.05) is 0 Å². The molecule has 2 aromatic carbocycles. The van der Waals surface area contributed by atoms with Gasteiger partial charge in [-0.3, -0.25) is 0 Å². The summed E-state index contributed by atoms with van der Waals surface area (Å²) >= 11 is 7.34. The van der Waals surface area contributed by atoms with Crippen LogP contribution in [0.5, 0.6) is 0 Å². The monoisotopic (exact) mass is 320 g/mol. The summed E-state index contributed by atoms with van der Waals surface area (Å²) < 4.78 is 18.5. The summed E-state index contributed by atoms with van der Waals surface area (Å²) in [4.78, 5) is 0. The lowest BCUT2D eigenvalue weighted by molar-refractivity contribution is 0.466. The van der Waals surface area contributed by atoms with Crippen LogP contribution in [0.2, 0.25) is 5.02 Å². The van der Waals surface area contributed by atoms with Gasteiger partial charge >= 0.3 is 0 Å². The first kappa shape index (κ1) is 14.1. The molecule has 3 nitrogen and oxygen atoms in total. The fourth-order valence-corrected chi connectivity index (χ4v) is 2.82. The van der Waals surface area contributed by atoms with Gasteiger partial charge in [0.2, 0.25) is 5.89 Å². The number of hydrogen-bond acceptors (Lipinski definition) is 4. The quantitative estimate of drug-likeness (QED) is 0.646. The molecule has 1 heterocycles. The molecule has 0 aliphatic heterocycles. The SMILES string of the molecule is Fc1ccc(CSc2nnc(-c3ccccc3)o2)c(Cl)c1. The van der Waals surface area contributed by atoms with E-state index in [0.717, 1.165) is 11.1 Å². The largest absolute Gasteiger partial charge is 0.411 e. The second-order valence-corrected chi connectivity index (χ2v) is 5.60. The molecule has 3 aromatic rings. The molecule has 21 heavy (non-hydrogen) atoms. The lowest BCUT2D eigenvalue weighted by Crippen LogP contribution is -1.84. The molecule has 0 fully saturated rings. The zero-order valence-corrected chi connectivity index (χ0v) is 12.4. The van der Waals surface area contributed by atoms with Gasteiger partial charge in [0.15, 0.2) is 0 Å². The minimum absolute atomic E-state index is 0.349. The Kier molecular flexibility index (Phi) is 4.22. The van der Waals surface area contributed by atoms with Gasteiger partial charge in [0.1, 0.15) is 5.82 Å². The molecule has 0 saturated carbocycles. The van der Waals surface area contributed by atoms with Gasteiger partial charge in [0, 0.05) is 16.3 Å². The van der Waals surface area contributed by atoms with Gasteiger partial charge < -0.3 is 4.42 Å². The van der Waals surface area contributed by atoms with Crippen LogP contribution in [0.4, 0.5) is 4.39 Å². The molecule has 0 atom stereocenters. The Balaban J connectivity index is 1.70. The molecule has 0 bridgehead atoms. The standard InChI is InChI=1S/C15H10ClFN2OS/c16-13-8-12(17)7-6-11(13)9-21-15-19-18-14(20-15)10-4-2-1-3-5-10/h1-8H,9H2. The molecular weight excluding hydrogens is 311 g/mol. The van der Waals surface area contributed by atoms with E-state index in [1.54, 1.807) is 6.07 Å². The Hall–Kier alpha value is -1.85. The molecule has 0 saturated heterocycles. The van der Waals surface area contributed by atoms with E-state index in [1.807, 2.05) is 30.3 Å². The Morgan fingerprint density at radius 2 is 1.90 bits per heavy atom. The van der Waals surface area contributed by atoms with Crippen LogP contribution >= 0.6 is 23.4 Å². The first-order valence-corrected chi connectivity index (χ1v) is 7.54. The molecule has 0 unspecified atom stereocenters. The molecule has 0 amide bonds. The highest BCUT2D eigenvalue weighted by atomic mass is 35.5. The normalized spacial score (nSPS) is 10.8. The Bertz CT molecular complexity index is 748. The number of benzene rings is 2. The lowest BCUT2D eigenvalue weighted by Gasteiger charge is -2.01. The third kappa shape index (κ3) is 3.43. The molecule has 3 rings (SSSR count). The van der Waals surface area contributed by atoms with Gasteiger partial charge in [-0.1, -0.05) is 47.6 Å². The maximum atomic E-state index is 13.0. The highest BCUT2D eigenvalue weighted by Gasteiger charge is 2.10. The van der Waals surface area contributed by atoms with Gasteiger partial charge in [0.05, 0.1) is 0 Å². The van der Waals surface area contributed by atoms with Crippen LogP contribution in [-0.4, -0.2) is 10.2 Å². The summed E-state index contributed by atoms with van der Waals surface area (Å²) in [5.74, 6) is 0.663. The van der Waals surface area contributed by atoms with Gasteiger partial charge in [-0.05, 0) is 29.8 Å². The van der Waals surface area contributed by atoms with Gasteiger partial charge in [0.25, 0.3) is 5.22 Å². The van der Waals surface area contributed by atoms with E-state index in [2.05, 4.69) is 10.2 Å². The second-order valence-electron chi connectivity index (χ2n) is 4.26. The van der Waals surface area contributed by atoms with E-state index in [1.165, 1.54) is 23.9 Å². The molecule has 106 valence electrons. The van der Waals surface area contributed by atoms with Gasteiger partial charge in [-0.15, -0.1) is 10.2 Å². The minimum atomic E-state index is -0.349. The molecule has 0 spiro atoms. The predicted molar refractivity (Wildman–Crippen MR) is 80.7 cm³/mol. The topological polar surface area (TPSA) is 38.9 Å². The highest BCUT2D eigenvalue weighted by molar-refractivity contribution is 7.98. The minimum Gasteiger partial charge on any atom is -0.411 e. The van der Waals surface area contributed by atoms with Crippen molar-refractivity contribution in [2.24, 2.45) is 0 Å². The number of nitrogens with zero attached hydrogens (tertiary/aromatic N) is 2. The van der Waals surface area contributed by atoms with Crippen molar-refractivity contribution in [3.63, 3.8) is 0 Å². The van der Waals surface area contributed by atoms with Crippen LogP contribution in [0.15, 0.2) is 58.2 Å². The van der Waals surface area contributed by atoms with Crippen molar-refractivity contribution in [2.45, 2.75) is 11.0 Å². The summed E-state index contributed by atoms with van der Waals surface area (Å²) in [5.41, 5.74) is 1.69. The van der Waals surface area contributed by atoms with Crippen LogP contribution < -0.4 is 0 Å². The summed E-state index contributed by atoms with van der Waals surface area (Å²) in [6.07, 6.45) is 0. The number of hydrogen-bond donors (Lipinski definition) is 0. The van der Waals surface area contributed by atoms with Crippen LogP contribution in [0.25, 0.3) is 11.5 Å². The third-order valence-corrected chi connectivity index (χ3v) is 4.01. The van der Waals surface area contributed by atoms with Crippen LogP contribution in [0.3, 0.4) is 0 Å². The van der Waals surface area contributed by atoms with Crippen LogP contribution in [-0.2, 0) is 5.75 Å². The van der Waals surface area contributed by atoms with Crippen molar-refractivity contribution in [1.29, 1.82) is 0 Å². The predicted octanol–water partition coefficient (Wildman–Crippen LogP) is 4.82. The average molecular weight is 321 g/mol. The van der Waals surface area contributed by atoms with Crippen molar-refractivity contribution >= 4 is 23.4 Å². The highest BCUT2D eigenvalue weighted by Crippen LogP contribution is 2.28. The summed E-state index contributed by atoms with van der Waals surface area (Å²) in [6, 6.07) is 13.9. The number of thioether (sulfide) groups is 1. The number of aromatic nitrogens is 2. The first-order chi connectivity index (χ1) is 10.2. The zero-order chi connectivity index (χ0) is 14.7. The fourth-order valence-electron chi connectivity index (χ4n) is 1.74. The van der Waals surface area contributed by atoms with Gasteiger partial charge in [-0.25, -0.2) is 4.39 Å². The lowest BCUT2D eigenvalue weighted by atomic mass is 10.2. The van der Waals surface area contributed by atoms with Crippen molar-refractivity contribution in [3.8, 4) is 11.5 Å². The Labute approximate surface area is 130 Å². The van der Waals surface area contributed by atoms with E-state index in [4.69, 9.17) is 16.0 Å². The number of halogens is 2. The van der Waals surface area contributed by atoms with Crippen LogP contribution in [0, 0.1) is 5.82 Å². The van der Waals surface area contributed by atoms with Crippen LogP contribution in [0.1, 0.15) is 5.56 Å². The van der Waals surface area contributed by atoms with Crippen molar-refractivity contribution in [3.05, 3.63) is 64.9 Å². The maximum Gasteiger partial charge on any atom is 0.277 e. The van der Waals surface area contributed by atoms with E-state index in [9.17, 15) is 4.39 Å². The summed E-state index contributed by atoms with van der Waals surface area (Å²) in [7, 11) is 0. The molecule has 0 N–H and O–H groups in total. The van der Waals surface area contributed by atoms with Crippen molar-refractivity contribution < 1.29 is 8.81 Å². The van der Waals surface area contributed by atoms with Crippen molar-refractivity contribution in [1.82, 2.24) is 10.2 Å². The first-order valence-electron chi connectivity index (χ1n) is 6.18. The fraction of sp³-hybridized carbons (Fsp3) is 0.0667. The van der Waals surface area contributed by atoms with E-state index in [0.29, 0.717) is 21.9 Å². The van der Waals surface area contributed by atoms with Gasteiger partial charge in [-0.2, -0.15) is 0 Å². The van der Waals surface area contributed by atoms with E-state index in [-0.39, 0.29) is 5.82 Å². The molecule has 0 aliphatic rings. The number of rotatable bonds is 4. The molecule has 6 heteroatoms. The summed E-state index contributed by atoms with van der Waals surface area (Å²) in [6.45, 7) is 0. The second kappa shape index (κ2) is 6.28. The maximum absolute atomic E-state index is 13.0. The molecule has 0 radical (unpaired) electrons.